The summed E-state index contributed by atoms with van der Waals surface area (Å²) in [6.45, 7) is 5.49. The van der Waals surface area contributed by atoms with E-state index in [1.165, 1.54) is 19.1 Å². The molecule has 0 heterocycles. The standard InChI is InChI=1S/C18H19N3O4/c1-12-8-15(13(2)16(9-12)11-25-14(3)22)10-19-20-17-4-6-18(7-5-17)21(23)24/h4-10,20H,11H2,1-3H3/b19-10+. The summed E-state index contributed by atoms with van der Waals surface area (Å²) in [5, 5.41) is 14.8. The quantitative estimate of drug-likeness (QED) is 0.374. The number of hydrogen-bond acceptors (Lipinski definition) is 6. The van der Waals surface area contributed by atoms with E-state index in [1.807, 2.05) is 26.0 Å². The monoisotopic (exact) mass is 341 g/mol. The molecule has 130 valence electrons. The van der Waals surface area contributed by atoms with E-state index in [0.717, 1.165) is 22.3 Å². The summed E-state index contributed by atoms with van der Waals surface area (Å²) in [5.41, 5.74) is 7.34. The Morgan fingerprint density at radius 1 is 1.28 bits per heavy atom. The lowest BCUT2D eigenvalue weighted by Gasteiger charge is -2.10. The molecule has 0 aliphatic heterocycles. The molecular weight excluding hydrogens is 322 g/mol. The maximum Gasteiger partial charge on any atom is 0.302 e. The van der Waals surface area contributed by atoms with Gasteiger partial charge in [-0.25, -0.2) is 0 Å². The molecule has 0 bridgehead atoms. The third-order valence-electron chi connectivity index (χ3n) is 3.61. The number of hydrogen-bond donors (Lipinski definition) is 1. The number of carbonyl (C=O) groups is 1. The molecule has 2 rings (SSSR count). The van der Waals surface area contributed by atoms with Gasteiger partial charge in [-0.05, 0) is 42.7 Å². The molecule has 1 N–H and O–H groups in total. The summed E-state index contributed by atoms with van der Waals surface area (Å²) in [4.78, 5) is 21.2. The van der Waals surface area contributed by atoms with Crippen LogP contribution < -0.4 is 5.43 Å². The zero-order chi connectivity index (χ0) is 18.4. The molecule has 0 unspecified atom stereocenters. The first-order valence-corrected chi connectivity index (χ1v) is 7.64. The fraction of sp³-hybridized carbons (Fsp3) is 0.222. The number of nitrogens with one attached hydrogen (secondary N) is 1. The Kier molecular flexibility index (Phi) is 5.84. The Hall–Kier alpha value is -3.22. The van der Waals surface area contributed by atoms with Crippen LogP contribution in [0.25, 0.3) is 0 Å². The van der Waals surface area contributed by atoms with Gasteiger partial charge in [0.15, 0.2) is 0 Å². The van der Waals surface area contributed by atoms with Gasteiger partial charge in [0, 0.05) is 19.1 Å². The summed E-state index contributed by atoms with van der Waals surface area (Å²) >= 11 is 0. The minimum absolute atomic E-state index is 0.0270. The molecule has 0 radical (unpaired) electrons. The Bertz CT molecular complexity index is 814. The lowest BCUT2D eigenvalue weighted by molar-refractivity contribution is -0.384. The van der Waals surface area contributed by atoms with E-state index in [9.17, 15) is 14.9 Å². The highest BCUT2D eigenvalue weighted by Gasteiger charge is 2.07. The van der Waals surface area contributed by atoms with Gasteiger partial charge in [-0.1, -0.05) is 17.7 Å². The second kappa shape index (κ2) is 8.05. The summed E-state index contributed by atoms with van der Waals surface area (Å²) in [7, 11) is 0. The average molecular weight is 341 g/mol. The van der Waals surface area contributed by atoms with Gasteiger partial charge in [0.1, 0.15) is 6.61 Å². The molecule has 0 saturated heterocycles. The minimum Gasteiger partial charge on any atom is -0.461 e. The van der Waals surface area contributed by atoms with Crippen molar-refractivity contribution in [1.29, 1.82) is 0 Å². The molecule has 7 heteroatoms. The molecule has 0 atom stereocenters. The van der Waals surface area contributed by atoms with Gasteiger partial charge in [0.2, 0.25) is 0 Å². The normalized spacial score (nSPS) is 10.7. The van der Waals surface area contributed by atoms with Gasteiger partial charge < -0.3 is 4.74 Å². The van der Waals surface area contributed by atoms with Crippen molar-refractivity contribution in [3.63, 3.8) is 0 Å². The number of hydrazone groups is 1. The second-order valence-corrected chi connectivity index (χ2v) is 5.59. The molecule has 0 fully saturated rings. The highest BCUT2D eigenvalue weighted by molar-refractivity contribution is 5.83. The van der Waals surface area contributed by atoms with Crippen molar-refractivity contribution in [1.82, 2.24) is 0 Å². The zero-order valence-corrected chi connectivity index (χ0v) is 14.3. The van der Waals surface area contributed by atoms with E-state index in [-0.39, 0.29) is 18.3 Å². The van der Waals surface area contributed by atoms with E-state index in [0.29, 0.717) is 5.69 Å². The summed E-state index contributed by atoms with van der Waals surface area (Å²) in [5.74, 6) is -0.323. The van der Waals surface area contributed by atoms with Gasteiger partial charge in [0.05, 0.1) is 16.8 Å². The molecule has 0 aromatic heterocycles. The molecule has 2 aromatic carbocycles. The third-order valence-corrected chi connectivity index (χ3v) is 3.61. The molecule has 0 aliphatic rings. The van der Waals surface area contributed by atoms with Crippen molar-refractivity contribution >= 4 is 23.6 Å². The first-order valence-electron chi connectivity index (χ1n) is 7.64. The van der Waals surface area contributed by atoms with Crippen molar-refractivity contribution in [2.45, 2.75) is 27.4 Å². The molecule has 0 spiro atoms. The molecular formula is C18H19N3O4. The van der Waals surface area contributed by atoms with Crippen LogP contribution in [0.4, 0.5) is 11.4 Å². The topological polar surface area (TPSA) is 93.8 Å². The number of nitrogens with zero attached hydrogens (tertiary/aromatic N) is 2. The number of nitro benzene ring substituents is 1. The Morgan fingerprint density at radius 3 is 2.56 bits per heavy atom. The summed E-state index contributed by atoms with van der Waals surface area (Å²) in [6.07, 6.45) is 1.67. The maximum atomic E-state index is 11.0. The smallest absolute Gasteiger partial charge is 0.302 e. The first-order chi connectivity index (χ1) is 11.9. The third kappa shape index (κ3) is 5.13. The number of benzene rings is 2. The molecule has 0 amide bonds. The van der Waals surface area contributed by atoms with Gasteiger partial charge in [0.25, 0.3) is 5.69 Å². The average Bonchev–Trinajstić information content (AvgIpc) is 2.56. The Balaban J connectivity index is 2.11. The predicted molar refractivity (Wildman–Crippen MR) is 95.7 cm³/mol. The van der Waals surface area contributed by atoms with Crippen molar-refractivity contribution < 1.29 is 14.5 Å². The SMILES string of the molecule is CC(=O)OCc1cc(C)cc(/C=N/Nc2ccc([N+](=O)[O-])cc2)c1C. The van der Waals surface area contributed by atoms with Crippen LogP contribution in [0, 0.1) is 24.0 Å². The van der Waals surface area contributed by atoms with Crippen molar-refractivity contribution in [3.8, 4) is 0 Å². The highest BCUT2D eigenvalue weighted by atomic mass is 16.6. The molecule has 7 nitrogen and oxygen atoms in total. The second-order valence-electron chi connectivity index (χ2n) is 5.59. The molecule has 0 aliphatic carbocycles. The number of carbonyl (C=O) groups excluding carboxylic acids is 1. The van der Waals surface area contributed by atoms with E-state index in [4.69, 9.17) is 4.74 Å². The van der Waals surface area contributed by atoms with Crippen molar-refractivity contribution in [2.24, 2.45) is 5.10 Å². The molecule has 25 heavy (non-hydrogen) atoms. The summed E-state index contributed by atoms with van der Waals surface area (Å²) < 4.78 is 5.07. The Labute approximate surface area is 145 Å². The number of esters is 1. The largest absolute Gasteiger partial charge is 0.461 e. The van der Waals surface area contributed by atoms with Crippen LogP contribution in [0.2, 0.25) is 0 Å². The van der Waals surface area contributed by atoms with Crippen LogP contribution >= 0.6 is 0 Å². The number of anilines is 1. The van der Waals surface area contributed by atoms with Crippen LogP contribution in [0.1, 0.15) is 29.2 Å². The van der Waals surface area contributed by atoms with Gasteiger partial charge >= 0.3 is 5.97 Å². The highest BCUT2D eigenvalue weighted by Crippen LogP contribution is 2.18. The Morgan fingerprint density at radius 2 is 1.96 bits per heavy atom. The van der Waals surface area contributed by atoms with Gasteiger partial charge in [-0.15, -0.1) is 0 Å². The zero-order valence-electron chi connectivity index (χ0n) is 14.3. The van der Waals surface area contributed by atoms with Gasteiger partial charge in [-0.3, -0.25) is 20.3 Å². The van der Waals surface area contributed by atoms with Crippen molar-refractivity contribution in [2.75, 3.05) is 5.43 Å². The fourth-order valence-corrected chi connectivity index (χ4v) is 2.26. The lowest BCUT2D eigenvalue weighted by Crippen LogP contribution is -2.03. The fourth-order valence-electron chi connectivity index (χ4n) is 2.26. The van der Waals surface area contributed by atoms with Crippen LogP contribution in [-0.4, -0.2) is 17.1 Å². The van der Waals surface area contributed by atoms with Crippen LogP contribution in [-0.2, 0) is 16.1 Å². The molecule has 2 aromatic rings. The number of aryl methyl sites for hydroxylation is 1. The van der Waals surface area contributed by atoms with Crippen LogP contribution in [0.3, 0.4) is 0 Å². The number of nitro groups is 1. The minimum atomic E-state index is -0.451. The van der Waals surface area contributed by atoms with E-state index >= 15 is 0 Å². The van der Waals surface area contributed by atoms with Crippen molar-refractivity contribution in [3.05, 3.63) is 68.8 Å². The van der Waals surface area contributed by atoms with E-state index < -0.39 is 4.92 Å². The maximum absolute atomic E-state index is 11.0. The van der Waals surface area contributed by atoms with Gasteiger partial charge in [-0.2, -0.15) is 5.10 Å². The first kappa shape index (κ1) is 18.1. The number of non-ortho nitro benzene ring substituents is 1. The molecule has 0 saturated carbocycles. The van der Waals surface area contributed by atoms with E-state index in [2.05, 4.69) is 10.5 Å². The lowest BCUT2D eigenvalue weighted by atomic mass is 10.0. The van der Waals surface area contributed by atoms with E-state index in [1.54, 1.807) is 18.3 Å². The predicted octanol–water partition coefficient (Wildman–Crippen LogP) is 3.72. The number of rotatable bonds is 6. The number of ether oxygens (including phenoxy) is 1. The van der Waals surface area contributed by atoms with Crippen LogP contribution in [0.15, 0.2) is 41.5 Å². The summed E-state index contributed by atoms with van der Waals surface area (Å²) in [6, 6.07) is 9.95. The van der Waals surface area contributed by atoms with Crippen LogP contribution in [0.5, 0.6) is 0 Å².